The molecule has 0 aliphatic rings. The molecule has 0 unspecified atom stereocenters. The van der Waals surface area contributed by atoms with Gasteiger partial charge in [0.25, 0.3) is 0 Å². The van der Waals surface area contributed by atoms with Crippen LogP contribution in [0.1, 0.15) is 11.8 Å². The number of hydrogen-bond donors (Lipinski definition) is 1. The van der Waals surface area contributed by atoms with Crippen LogP contribution in [-0.4, -0.2) is 6.54 Å². The van der Waals surface area contributed by atoms with Gasteiger partial charge in [-0.3, -0.25) is 0 Å². The third kappa shape index (κ3) is 3.02. The van der Waals surface area contributed by atoms with Gasteiger partial charge >= 0.3 is 0 Å². The van der Waals surface area contributed by atoms with Gasteiger partial charge in [0.15, 0.2) is 0 Å². The Kier molecular flexibility index (Phi) is 3.71. The van der Waals surface area contributed by atoms with Crippen LogP contribution in [-0.2, 0) is 0 Å². The fourth-order valence-corrected chi connectivity index (χ4v) is 2.54. The lowest BCUT2D eigenvalue weighted by Crippen LogP contribution is -1.98. The molecule has 3 heteroatoms. The van der Waals surface area contributed by atoms with Crippen molar-refractivity contribution in [2.75, 3.05) is 6.54 Å². The largest absolute Gasteiger partial charge is 0.327 e. The fraction of sp³-hybridized carbons (Fsp3) is 0.143. The summed E-state index contributed by atoms with van der Waals surface area (Å²) in [6.07, 6.45) is 2.08. The molecule has 2 N–H and O–H groups in total. The quantitative estimate of drug-likeness (QED) is 0.874. The molecule has 0 saturated carbocycles. The maximum Gasteiger partial charge on any atom is 0.123 e. The lowest BCUT2D eigenvalue weighted by Gasteiger charge is -1.96. The van der Waals surface area contributed by atoms with Crippen LogP contribution in [0.15, 0.2) is 42.0 Å². The number of benzene rings is 1. The van der Waals surface area contributed by atoms with E-state index in [2.05, 4.69) is 12.1 Å². The van der Waals surface area contributed by atoms with Gasteiger partial charge in [-0.1, -0.05) is 17.7 Å². The van der Waals surface area contributed by atoms with Crippen molar-refractivity contribution in [3.05, 3.63) is 52.7 Å². The SMILES string of the molecule is CC(=Cc1ccc(-c2ccc(F)cc2)s1)CN. The second-order valence-corrected chi connectivity index (χ2v) is 5.02. The van der Waals surface area contributed by atoms with Crippen molar-refractivity contribution in [1.82, 2.24) is 0 Å². The first-order valence-corrected chi connectivity index (χ1v) is 6.23. The predicted molar refractivity (Wildman–Crippen MR) is 72.4 cm³/mol. The van der Waals surface area contributed by atoms with Crippen molar-refractivity contribution in [3.63, 3.8) is 0 Å². The zero-order chi connectivity index (χ0) is 12.3. The first-order valence-electron chi connectivity index (χ1n) is 5.42. The summed E-state index contributed by atoms with van der Waals surface area (Å²) in [4.78, 5) is 2.31. The smallest absolute Gasteiger partial charge is 0.123 e. The highest BCUT2D eigenvalue weighted by Crippen LogP contribution is 2.29. The number of nitrogens with two attached hydrogens (primary N) is 1. The Balaban J connectivity index is 2.27. The first kappa shape index (κ1) is 12.0. The third-order valence-electron chi connectivity index (χ3n) is 2.47. The van der Waals surface area contributed by atoms with Crippen LogP contribution in [0.3, 0.4) is 0 Å². The van der Waals surface area contributed by atoms with Gasteiger partial charge in [-0.05, 0) is 42.8 Å². The molecule has 88 valence electrons. The van der Waals surface area contributed by atoms with Crippen molar-refractivity contribution < 1.29 is 4.39 Å². The average Bonchev–Trinajstić information content (AvgIpc) is 2.78. The molecule has 0 spiro atoms. The van der Waals surface area contributed by atoms with Crippen molar-refractivity contribution in [2.24, 2.45) is 5.73 Å². The zero-order valence-corrected chi connectivity index (χ0v) is 10.4. The molecule has 0 aliphatic carbocycles. The second-order valence-electron chi connectivity index (χ2n) is 3.90. The van der Waals surface area contributed by atoms with Crippen molar-refractivity contribution in [1.29, 1.82) is 0 Å². The molecule has 0 aliphatic heterocycles. The Morgan fingerprint density at radius 3 is 2.59 bits per heavy atom. The van der Waals surface area contributed by atoms with Gasteiger partial charge in [-0.25, -0.2) is 4.39 Å². The lowest BCUT2D eigenvalue weighted by atomic mass is 10.2. The van der Waals surface area contributed by atoms with E-state index in [0.29, 0.717) is 6.54 Å². The molecule has 1 heterocycles. The number of halogens is 1. The topological polar surface area (TPSA) is 26.0 Å². The number of rotatable bonds is 3. The van der Waals surface area contributed by atoms with Crippen molar-refractivity contribution in [3.8, 4) is 10.4 Å². The Morgan fingerprint density at radius 1 is 1.24 bits per heavy atom. The molecule has 0 fully saturated rings. The maximum atomic E-state index is 12.8. The van der Waals surface area contributed by atoms with Gasteiger partial charge in [0.2, 0.25) is 0 Å². The Labute approximate surface area is 104 Å². The van der Waals surface area contributed by atoms with E-state index in [4.69, 9.17) is 5.73 Å². The first-order chi connectivity index (χ1) is 8.19. The van der Waals surface area contributed by atoms with Crippen LogP contribution >= 0.6 is 11.3 Å². The fourth-order valence-electron chi connectivity index (χ4n) is 1.50. The van der Waals surface area contributed by atoms with E-state index in [-0.39, 0.29) is 5.82 Å². The van der Waals surface area contributed by atoms with Crippen molar-refractivity contribution in [2.45, 2.75) is 6.92 Å². The van der Waals surface area contributed by atoms with E-state index in [1.807, 2.05) is 13.0 Å². The summed E-state index contributed by atoms with van der Waals surface area (Å²) in [6.45, 7) is 2.58. The van der Waals surface area contributed by atoms with E-state index in [9.17, 15) is 4.39 Å². The summed E-state index contributed by atoms with van der Waals surface area (Å²) in [7, 11) is 0. The van der Waals surface area contributed by atoms with Crippen LogP contribution in [0.2, 0.25) is 0 Å². The normalized spacial score (nSPS) is 11.8. The molecule has 1 aromatic carbocycles. The zero-order valence-electron chi connectivity index (χ0n) is 9.61. The van der Waals surface area contributed by atoms with Crippen LogP contribution in [0.25, 0.3) is 16.5 Å². The molecule has 17 heavy (non-hydrogen) atoms. The molecule has 0 atom stereocenters. The number of hydrogen-bond acceptors (Lipinski definition) is 2. The summed E-state index contributed by atoms with van der Waals surface area (Å²) >= 11 is 1.68. The minimum Gasteiger partial charge on any atom is -0.327 e. The molecule has 0 saturated heterocycles. The van der Waals surface area contributed by atoms with Gasteiger partial charge in [0.05, 0.1) is 0 Å². The standard InChI is InChI=1S/C14H14FNS/c1-10(9-16)8-13-6-7-14(17-13)11-2-4-12(15)5-3-11/h2-8H,9,16H2,1H3. The van der Waals surface area contributed by atoms with E-state index in [1.54, 1.807) is 23.5 Å². The van der Waals surface area contributed by atoms with Crippen molar-refractivity contribution >= 4 is 17.4 Å². The lowest BCUT2D eigenvalue weighted by molar-refractivity contribution is 0.628. The summed E-state index contributed by atoms with van der Waals surface area (Å²) in [5.41, 5.74) is 7.74. The van der Waals surface area contributed by atoms with E-state index in [1.165, 1.54) is 17.0 Å². The molecular formula is C14H14FNS. The van der Waals surface area contributed by atoms with Gasteiger partial charge in [0, 0.05) is 16.3 Å². The Morgan fingerprint density at radius 2 is 1.94 bits per heavy atom. The molecule has 0 bridgehead atoms. The third-order valence-corrected chi connectivity index (χ3v) is 3.55. The predicted octanol–water partition coefficient (Wildman–Crippen LogP) is 3.92. The minimum absolute atomic E-state index is 0.204. The highest BCUT2D eigenvalue weighted by molar-refractivity contribution is 7.16. The van der Waals surface area contributed by atoms with Gasteiger partial charge in [-0.2, -0.15) is 0 Å². The maximum absolute atomic E-state index is 12.8. The van der Waals surface area contributed by atoms with Crippen LogP contribution < -0.4 is 5.73 Å². The molecule has 0 radical (unpaired) electrons. The Bertz CT molecular complexity index is 525. The monoisotopic (exact) mass is 247 g/mol. The minimum atomic E-state index is -0.204. The van der Waals surface area contributed by atoms with Crippen LogP contribution in [0.5, 0.6) is 0 Å². The second kappa shape index (κ2) is 5.25. The molecular weight excluding hydrogens is 233 g/mol. The van der Waals surface area contributed by atoms with Gasteiger partial charge in [-0.15, -0.1) is 11.3 Å². The molecule has 1 nitrogen and oxygen atoms in total. The highest BCUT2D eigenvalue weighted by atomic mass is 32.1. The molecule has 2 rings (SSSR count). The van der Waals surface area contributed by atoms with E-state index < -0.39 is 0 Å². The molecule has 1 aromatic heterocycles. The molecule has 2 aromatic rings. The van der Waals surface area contributed by atoms with E-state index >= 15 is 0 Å². The van der Waals surface area contributed by atoms with E-state index in [0.717, 1.165) is 16.0 Å². The summed E-state index contributed by atoms with van der Waals surface area (Å²) in [5.74, 6) is -0.204. The number of thiophene rings is 1. The molecule has 0 amide bonds. The summed E-state index contributed by atoms with van der Waals surface area (Å²) < 4.78 is 12.8. The summed E-state index contributed by atoms with van der Waals surface area (Å²) in [5, 5.41) is 0. The van der Waals surface area contributed by atoms with Crippen LogP contribution in [0.4, 0.5) is 4.39 Å². The highest BCUT2D eigenvalue weighted by Gasteiger charge is 2.01. The van der Waals surface area contributed by atoms with Crippen LogP contribution in [0, 0.1) is 5.82 Å². The van der Waals surface area contributed by atoms with Gasteiger partial charge < -0.3 is 5.73 Å². The summed E-state index contributed by atoms with van der Waals surface area (Å²) in [6, 6.07) is 10.7. The Hall–Kier alpha value is -1.45. The van der Waals surface area contributed by atoms with Gasteiger partial charge in [0.1, 0.15) is 5.82 Å². The average molecular weight is 247 g/mol.